The molecule has 0 aliphatic carbocycles. The number of carbonyl (C=O) groups is 1. The van der Waals surface area contributed by atoms with E-state index in [0.717, 1.165) is 39.2 Å². The van der Waals surface area contributed by atoms with Crippen molar-refractivity contribution in [3.8, 4) is 0 Å². The largest absolute Gasteiger partial charge is 0.356 e. The second-order valence-corrected chi connectivity index (χ2v) is 6.88. The summed E-state index contributed by atoms with van der Waals surface area (Å²) in [5.74, 6) is -0.127. The number of hydrogen-bond acceptors (Lipinski definition) is 4. The van der Waals surface area contributed by atoms with Gasteiger partial charge in [-0.3, -0.25) is 4.79 Å². The maximum atomic E-state index is 12.5. The van der Waals surface area contributed by atoms with E-state index in [-0.39, 0.29) is 12.3 Å². The molecule has 1 heterocycles. The van der Waals surface area contributed by atoms with Crippen LogP contribution in [0.25, 0.3) is 11.0 Å². The minimum atomic E-state index is -0.127. The molecular formula is C23H21N3O2. The third-order valence-corrected chi connectivity index (χ3v) is 4.54. The minimum absolute atomic E-state index is 0.127. The van der Waals surface area contributed by atoms with E-state index < -0.39 is 0 Å². The van der Waals surface area contributed by atoms with Gasteiger partial charge in [0, 0.05) is 22.4 Å². The molecule has 1 aromatic heterocycles. The van der Waals surface area contributed by atoms with E-state index in [0.29, 0.717) is 5.69 Å². The quantitative estimate of drug-likeness (QED) is 0.495. The van der Waals surface area contributed by atoms with Crippen LogP contribution in [0.4, 0.5) is 17.1 Å². The van der Waals surface area contributed by atoms with Gasteiger partial charge in [0.15, 0.2) is 5.58 Å². The number of nitrogens with one attached hydrogen (secondary N) is 2. The van der Waals surface area contributed by atoms with Gasteiger partial charge < -0.3 is 15.2 Å². The van der Waals surface area contributed by atoms with Crippen LogP contribution >= 0.6 is 0 Å². The molecule has 0 unspecified atom stereocenters. The number of benzene rings is 3. The maximum Gasteiger partial charge on any atom is 0.230 e. The summed E-state index contributed by atoms with van der Waals surface area (Å²) >= 11 is 0. The van der Waals surface area contributed by atoms with E-state index in [1.165, 1.54) is 0 Å². The Morgan fingerprint density at radius 2 is 1.61 bits per heavy atom. The lowest BCUT2D eigenvalue weighted by atomic mass is 10.1. The molecule has 140 valence electrons. The molecule has 1 amide bonds. The Labute approximate surface area is 163 Å². The van der Waals surface area contributed by atoms with Crippen molar-refractivity contribution in [2.45, 2.75) is 20.3 Å². The van der Waals surface area contributed by atoms with Gasteiger partial charge in [0.25, 0.3) is 0 Å². The number of anilines is 3. The fraction of sp³-hybridized carbons (Fsp3) is 0.130. The third-order valence-electron chi connectivity index (χ3n) is 4.54. The summed E-state index contributed by atoms with van der Waals surface area (Å²) in [6.45, 7) is 4.00. The van der Waals surface area contributed by atoms with Gasteiger partial charge in [0.05, 0.1) is 6.42 Å². The van der Waals surface area contributed by atoms with Crippen LogP contribution in [0, 0.1) is 13.8 Å². The number of fused-ring (bicyclic) bond motifs is 1. The number of hydrogen-bond donors (Lipinski definition) is 2. The first-order valence-corrected chi connectivity index (χ1v) is 9.16. The topological polar surface area (TPSA) is 67.2 Å². The molecule has 4 rings (SSSR count). The highest BCUT2D eigenvalue weighted by Gasteiger charge is 2.14. The standard InChI is InChI=1S/C23H21N3O2/c1-15-12-16(2)23-20(13-15)21(26-28-23)14-22(27)25-19-10-8-18(9-11-19)24-17-6-4-3-5-7-17/h3-13,24H,14H2,1-2H3,(H,25,27). The van der Waals surface area contributed by atoms with Gasteiger partial charge in [-0.25, -0.2) is 0 Å². The summed E-state index contributed by atoms with van der Waals surface area (Å²) in [5.41, 5.74) is 6.25. The number of rotatable bonds is 5. The minimum Gasteiger partial charge on any atom is -0.356 e. The molecule has 0 radical (unpaired) electrons. The SMILES string of the molecule is Cc1cc(C)c2onc(CC(=O)Nc3ccc(Nc4ccccc4)cc3)c2c1. The second-order valence-electron chi connectivity index (χ2n) is 6.88. The lowest BCUT2D eigenvalue weighted by molar-refractivity contribution is -0.115. The summed E-state index contributed by atoms with van der Waals surface area (Å²) < 4.78 is 5.42. The predicted molar refractivity (Wildman–Crippen MR) is 112 cm³/mol. The smallest absolute Gasteiger partial charge is 0.230 e. The number of carbonyl (C=O) groups excluding carboxylic acids is 1. The number of aromatic nitrogens is 1. The van der Waals surface area contributed by atoms with Crippen molar-refractivity contribution in [2.75, 3.05) is 10.6 Å². The van der Waals surface area contributed by atoms with Crippen molar-refractivity contribution in [1.29, 1.82) is 0 Å². The van der Waals surface area contributed by atoms with E-state index in [1.54, 1.807) is 0 Å². The Hall–Kier alpha value is -3.60. The number of amides is 1. The van der Waals surface area contributed by atoms with Gasteiger partial charge in [0.2, 0.25) is 5.91 Å². The fourth-order valence-corrected chi connectivity index (χ4v) is 3.25. The van der Waals surface area contributed by atoms with Crippen molar-refractivity contribution in [2.24, 2.45) is 0 Å². The Kier molecular flexibility index (Phi) is 4.81. The average Bonchev–Trinajstić information content (AvgIpc) is 3.07. The van der Waals surface area contributed by atoms with Crippen molar-refractivity contribution < 1.29 is 9.32 Å². The normalized spacial score (nSPS) is 10.8. The van der Waals surface area contributed by atoms with Gasteiger partial charge in [-0.1, -0.05) is 29.4 Å². The summed E-state index contributed by atoms with van der Waals surface area (Å²) in [5, 5.41) is 11.2. The van der Waals surface area contributed by atoms with E-state index in [1.807, 2.05) is 80.6 Å². The molecule has 5 heteroatoms. The van der Waals surface area contributed by atoms with Crippen molar-refractivity contribution in [3.63, 3.8) is 0 Å². The van der Waals surface area contributed by atoms with Crippen LogP contribution in [0.3, 0.4) is 0 Å². The molecule has 5 nitrogen and oxygen atoms in total. The molecule has 0 bridgehead atoms. The monoisotopic (exact) mass is 371 g/mol. The van der Waals surface area contributed by atoms with Gasteiger partial charge >= 0.3 is 0 Å². The first kappa shape index (κ1) is 17.8. The van der Waals surface area contributed by atoms with E-state index >= 15 is 0 Å². The molecule has 4 aromatic rings. The van der Waals surface area contributed by atoms with Gasteiger partial charge in [-0.2, -0.15) is 0 Å². The molecule has 0 fully saturated rings. The fourth-order valence-electron chi connectivity index (χ4n) is 3.25. The molecule has 0 saturated heterocycles. The summed E-state index contributed by atoms with van der Waals surface area (Å²) in [6, 6.07) is 21.6. The van der Waals surface area contributed by atoms with Crippen LogP contribution in [-0.2, 0) is 11.2 Å². The molecule has 2 N–H and O–H groups in total. The van der Waals surface area contributed by atoms with Crippen LogP contribution in [0.1, 0.15) is 16.8 Å². The second kappa shape index (κ2) is 7.56. The lowest BCUT2D eigenvalue weighted by Crippen LogP contribution is -2.14. The molecule has 28 heavy (non-hydrogen) atoms. The van der Waals surface area contributed by atoms with E-state index in [2.05, 4.69) is 15.8 Å². The Morgan fingerprint density at radius 1 is 0.929 bits per heavy atom. The van der Waals surface area contributed by atoms with Gasteiger partial charge in [0.1, 0.15) is 5.69 Å². The maximum absolute atomic E-state index is 12.5. The van der Waals surface area contributed by atoms with E-state index in [4.69, 9.17) is 4.52 Å². The molecular weight excluding hydrogens is 350 g/mol. The van der Waals surface area contributed by atoms with E-state index in [9.17, 15) is 4.79 Å². The lowest BCUT2D eigenvalue weighted by Gasteiger charge is -2.08. The highest BCUT2D eigenvalue weighted by molar-refractivity contribution is 5.95. The van der Waals surface area contributed by atoms with Crippen LogP contribution in [0.2, 0.25) is 0 Å². The van der Waals surface area contributed by atoms with Crippen molar-refractivity contribution in [1.82, 2.24) is 5.16 Å². The number of aryl methyl sites for hydroxylation is 2. The number of para-hydroxylation sites is 1. The highest BCUT2D eigenvalue weighted by atomic mass is 16.5. The van der Waals surface area contributed by atoms with Crippen molar-refractivity contribution >= 4 is 33.9 Å². The number of nitrogens with zero attached hydrogens (tertiary/aromatic N) is 1. The summed E-state index contributed by atoms with van der Waals surface area (Å²) in [7, 11) is 0. The molecule has 3 aromatic carbocycles. The zero-order valence-electron chi connectivity index (χ0n) is 15.8. The summed E-state index contributed by atoms with van der Waals surface area (Å²) in [4.78, 5) is 12.5. The van der Waals surface area contributed by atoms with Crippen LogP contribution in [0.5, 0.6) is 0 Å². The Bertz CT molecular complexity index is 1120. The van der Waals surface area contributed by atoms with Crippen LogP contribution in [-0.4, -0.2) is 11.1 Å². The van der Waals surface area contributed by atoms with Crippen molar-refractivity contribution in [3.05, 3.63) is 83.6 Å². The first-order valence-electron chi connectivity index (χ1n) is 9.16. The molecule has 0 aliphatic heterocycles. The zero-order valence-corrected chi connectivity index (χ0v) is 15.8. The molecule has 0 spiro atoms. The first-order chi connectivity index (χ1) is 13.6. The third kappa shape index (κ3) is 3.88. The average molecular weight is 371 g/mol. The van der Waals surface area contributed by atoms with Gasteiger partial charge in [-0.15, -0.1) is 0 Å². The molecule has 0 saturated carbocycles. The summed E-state index contributed by atoms with van der Waals surface area (Å²) in [6.07, 6.45) is 0.167. The van der Waals surface area contributed by atoms with Crippen LogP contribution in [0.15, 0.2) is 71.3 Å². The highest BCUT2D eigenvalue weighted by Crippen LogP contribution is 2.24. The predicted octanol–water partition coefficient (Wildman–Crippen LogP) is 5.37. The zero-order chi connectivity index (χ0) is 19.5. The molecule has 0 atom stereocenters. The van der Waals surface area contributed by atoms with Crippen LogP contribution < -0.4 is 10.6 Å². The Morgan fingerprint density at radius 3 is 2.36 bits per heavy atom. The van der Waals surface area contributed by atoms with Gasteiger partial charge in [-0.05, 0) is 67.4 Å². The molecule has 0 aliphatic rings. The Balaban J connectivity index is 1.43.